The fourth-order valence-corrected chi connectivity index (χ4v) is 1.46. The van der Waals surface area contributed by atoms with Crippen LogP contribution in [0.2, 0.25) is 0 Å². The third-order valence-corrected chi connectivity index (χ3v) is 2.39. The molecule has 6 heteroatoms. The molecule has 1 N–H and O–H groups in total. The summed E-state index contributed by atoms with van der Waals surface area (Å²) in [6.45, 7) is 0. The Kier molecular flexibility index (Phi) is 3.70. The number of carbonyl (C=O) groups excluding carboxylic acids is 1. The van der Waals surface area contributed by atoms with Gasteiger partial charge in [0, 0.05) is 5.56 Å². The lowest BCUT2D eigenvalue weighted by atomic mass is 10.2. The quantitative estimate of drug-likeness (QED) is 0.867. The van der Waals surface area contributed by atoms with E-state index >= 15 is 0 Å². The molecule has 2 aromatic rings. The molecule has 2 rings (SSSR count). The summed E-state index contributed by atoms with van der Waals surface area (Å²) in [6.07, 6.45) is 0. The highest BCUT2D eigenvalue weighted by Crippen LogP contribution is 2.16. The van der Waals surface area contributed by atoms with Crippen LogP contribution in [-0.2, 0) is 0 Å². The summed E-state index contributed by atoms with van der Waals surface area (Å²) in [5.74, 6) is -2.05. The minimum absolute atomic E-state index is 0.186. The molecule has 0 atom stereocenters. The Morgan fingerprint density at radius 2 is 2.05 bits per heavy atom. The van der Waals surface area contributed by atoms with E-state index in [0.29, 0.717) is 11.3 Å². The van der Waals surface area contributed by atoms with Crippen molar-refractivity contribution in [2.45, 2.75) is 0 Å². The fraction of sp³-hybridized carbons (Fsp3) is 0.0769. The van der Waals surface area contributed by atoms with Gasteiger partial charge < -0.3 is 10.1 Å². The smallest absolute Gasteiger partial charge is 0.255 e. The highest BCUT2D eigenvalue weighted by molar-refractivity contribution is 6.04. The first-order valence-electron chi connectivity index (χ1n) is 5.37. The minimum Gasteiger partial charge on any atom is -0.497 e. The second-order valence-electron chi connectivity index (χ2n) is 3.66. The number of nitrogens with zero attached hydrogens (tertiary/aromatic N) is 1. The molecule has 4 nitrogen and oxygen atoms in total. The van der Waals surface area contributed by atoms with Crippen molar-refractivity contribution in [1.82, 2.24) is 4.98 Å². The zero-order valence-electron chi connectivity index (χ0n) is 9.98. The summed E-state index contributed by atoms with van der Waals surface area (Å²) in [4.78, 5) is 14.8. The molecule has 0 saturated heterocycles. The third kappa shape index (κ3) is 3.04. The maximum absolute atomic E-state index is 13.3. The van der Waals surface area contributed by atoms with E-state index in [0.717, 1.165) is 12.1 Å². The molecular formula is C13H10F2N2O2. The second kappa shape index (κ2) is 5.43. The molecule has 0 aliphatic carbocycles. The van der Waals surface area contributed by atoms with Crippen LogP contribution in [-0.4, -0.2) is 18.0 Å². The Labute approximate surface area is 108 Å². The lowest BCUT2D eigenvalue weighted by Crippen LogP contribution is -2.13. The number of amides is 1. The van der Waals surface area contributed by atoms with E-state index in [9.17, 15) is 13.6 Å². The number of benzene rings is 1. The second-order valence-corrected chi connectivity index (χ2v) is 3.66. The van der Waals surface area contributed by atoms with Crippen molar-refractivity contribution in [3.05, 3.63) is 53.9 Å². The van der Waals surface area contributed by atoms with Crippen LogP contribution in [0.1, 0.15) is 10.4 Å². The van der Waals surface area contributed by atoms with Crippen LogP contribution in [0, 0.1) is 11.9 Å². The van der Waals surface area contributed by atoms with Gasteiger partial charge in [0.1, 0.15) is 5.75 Å². The van der Waals surface area contributed by atoms with Crippen LogP contribution in [0.4, 0.5) is 14.5 Å². The number of carbonyl (C=O) groups is 1. The van der Waals surface area contributed by atoms with Gasteiger partial charge in [0.2, 0.25) is 11.9 Å². The SMILES string of the molecule is COc1cccc(C(=O)Nc2ccc(F)nc2F)c1. The van der Waals surface area contributed by atoms with Gasteiger partial charge in [-0.05, 0) is 30.3 Å². The Hall–Kier alpha value is -2.50. The number of anilines is 1. The number of nitrogens with one attached hydrogen (secondary N) is 1. The van der Waals surface area contributed by atoms with Crippen molar-refractivity contribution in [3.63, 3.8) is 0 Å². The van der Waals surface area contributed by atoms with Crippen molar-refractivity contribution in [1.29, 1.82) is 0 Å². The summed E-state index contributed by atoms with van der Waals surface area (Å²) in [6, 6.07) is 8.43. The van der Waals surface area contributed by atoms with E-state index < -0.39 is 17.8 Å². The molecule has 0 fully saturated rings. The number of aromatic nitrogens is 1. The lowest BCUT2D eigenvalue weighted by Gasteiger charge is -2.07. The first kappa shape index (κ1) is 12.9. The Bertz CT molecular complexity index is 617. The maximum Gasteiger partial charge on any atom is 0.255 e. The number of methoxy groups -OCH3 is 1. The van der Waals surface area contributed by atoms with E-state index in [4.69, 9.17) is 4.74 Å². The molecule has 0 aliphatic rings. The number of ether oxygens (including phenoxy) is 1. The fourth-order valence-electron chi connectivity index (χ4n) is 1.46. The molecule has 19 heavy (non-hydrogen) atoms. The predicted octanol–water partition coefficient (Wildman–Crippen LogP) is 2.62. The number of pyridine rings is 1. The molecule has 98 valence electrons. The molecule has 0 bridgehead atoms. The third-order valence-electron chi connectivity index (χ3n) is 2.39. The monoisotopic (exact) mass is 264 g/mol. The summed E-state index contributed by atoms with van der Waals surface area (Å²) >= 11 is 0. The average Bonchev–Trinajstić information content (AvgIpc) is 2.42. The van der Waals surface area contributed by atoms with Crippen LogP contribution in [0.3, 0.4) is 0 Å². The van der Waals surface area contributed by atoms with E-state index in [-0.39, 0.29) is 5.69 Å². The highest BCUT2D eigenvalue weighted by atomic mass is 19.1. The number of hydrogen-bond donors (Lipinski definition) is 1. The molecule has 0 aliphatic heterocycles. The van der Waals surface area contributed by atoms with Crippen molar-refractivity contribution in [2.24, 2.45) is 0 Å². The topological polar surface area (TPSA) is 51.2 Å². The lowest BCUT2D eigenvalue weighted by molar-refractivity contribution is 0.102. The molecule has 0 unspecified atom stereocenters. The van der Waals surface area contributed by atoms with Gasteiger partial charge in [-0.3, -0.25) is 4.79 Å². The maximum atomic E-state index is 13.3. The normalized spacial score (nSPS) is 10.1. The number of rotatable bonds is 3. The van der Waals surface area contributed by atoms with Crippen LogP contribution in [0.15, 0.2) is 36.4 Å². The molecule has 1 heterocycles. The van der Waals surface area contributed by atoms with Crippen LogP contribution in [0.25, 0.3) is 0 Å². The predicted molar refractivity (Wildman–Crippen MR) is 65.1 cm³/mol. The van der Waals surface area contributed by atoms with E-state index in [1.54, 1.807) is 18.2 Å². The summed E-state index contributed by atoms with van der Waals surface area (Å²) in [5, 5.41) is 2.31. The highest BCUT2D eigenvalue weighted by Gasteiger charge is 2.11. The van der Waals surface area contributed by atoms with Crippen LogP contribution >= 0.6 is 0 Å². The molecule has 0 saturated carbocycles. The Balaban J connectivity index is 2.20. The molecule has 1 aromatic carbocycles. The van der Waals surface area contributed by atoms with Gasteiger partial charge in [-0.2, -0.15) is 13.8 Å². The Morgan fingerprint density at radius 1 is 1.26 bits per heavy atom. The summed E-state index contributed by atoms with van der Waals surface area (Å²) < 4.78 is 30.9. The van der Waals surface area contributed by atoms with Crippen LogP contribution in [0.5, 0.6) is 5.75 Å². The van der Waals surface area contributed by atoms with E-state index in [1.807, 2.05) is 0 Å². The first-order valence-corrected chi connectivity index (χ1v) is 5.37. The van der Waals surface area contributed by atoms with Crippen molar-refractivity contribution in [2.75, 3.05) is 12.4 Å². The van der Waals surface area contributed by atoms with Crippen LogP contribution < -0.4 is 10.1 Å². The van der Waals surface area contributed by atoms with Gasteiger partial charge in [-0.25, -0.2) is 0 Å². The summed E-state index contributed by atoms with van der Waals surface area (Å²) in [7, 11) is 1.47. The standard InChI is InChI=1S/C13H10F2N2O2/c1-19-9-4-2-3-8(7-9)13(18)16-10-5-6-11(14)17-12(10)15/h2-7H,1H3,(H,16,18). The zero-order chi connectivity index (χ0) is 13.8. The van der Waals surface area contributed by atoms with Crippen molar-refractivity contribution < 1.29 is 18.3 Å². The van der Waals surface area contributed by atoms with Gasteiger partial charge in [0.15, 0.2) is 0 Å². The molecular weight excluding hydrogens is 254 g/mol. The van der Waals surface area contributed by atoms with E-state index in [1.165, 1.54) is 13.2 Å². The molecule has 1 aromatic heterocycles. The minimum atomic E-state index is -1.07. The molecule has 1 amide bonds. The number of halogens is 2. The van der Waals surface area contributed by atoms with E-state index in [2.05, 4.69) is 10.3 Å². The molecule has 0 spiro atoms. The van der Waals surface area contributed by atoms with Gasteiger partial charge in [0.05, 0.1) is 12.8 Å². The first-order chi connectivity index (χ1) is 9.10. The Morgan fingerprint density at radius 3 is 2.74 bits per heavy atom. The number of hydrogen-bond acceptors (Lipinski definition) is 3. The zero-order valence-corrected chi connectivity index (χ0v) is 9.98. The average molecular weight is 264 g/mol. The van der Waals surface area contributed by atoms with Gasteiger partial charge in [0.25, 0.3) is 5.91 Å². The van der Waals surface area contributed by atoms with Gasteiger partial charge >= 0.3 is 0 Å². The summed E-state index contributed by atoms with van der Waals surface area (Å²) in [5.41, 5.74) is 0.109. The van der Waals surface area contributed by atoms with Crippen molar-refractivity contribution >= 4 is 11.6 Å². The van der Waals surface area contributed by atoms with Gasteiger partial charge in [-0.15, -0.1) is 0 Å². The van der Waals surface area contributed by atoms with Crippen molar-refractivity contribution in [3.8, 4) is 5.75 Å². The molecule has 0 radical (unpaired) electrons. The largest absolute Gasteiger partial charge is 0.497 e. The van der Waals surface area contributed by atoms with Gasteiger partial charge in [-0.1, -0.05) is 6.07 Å².